The minimum Gasteiger partial charge on any atom is -0.493 e. The van der Waals surface area contributed by atoms with Crippen molar-refractivity contribution in [1.82, 2.24) is 19.9 Å². The molecule has 7 nitrogen and oxygen atoms in total. The first-order valence-electron chi connectivity index (χ1n) is 10.8. The summed E-state index contributed by atoms with van der Waals surface area (Å²) in [5.74, 6) is 1.38. The molecule has 0 radical (unpaired) electrons. The fourth-order valence-electron chi connectivity index (χ4n) is 4.13. The third-order valence-corrected chi connectivity index (χ3v) is 6.29. The Kier molecular flexibility index (Phi) is 6.25. The number of benzene rings is 2. The average molecular weight is 497 g/mol. The Hall–Kier alpha value is -2.68. The zero-order valence-electron chi connectivity index (χ0n) is 17.9. The second-order valence-corrected chi connectivity index (χ2v) is 8.71. The lowest BCUT2D eigenvalue weighted by atomic mass is 10.1. The van der Waals surface area contributed by atoms with Gasteiger partial charge < -0.3 is 19.2 Å². The zero-order valence-corrected chi connectivity index (χ0v) is 19.5. The maximum atomic E-state index is 6.15. The monoisotopic (exact) mass is 496 g/mol. The highest BCUT2D eigenvalue weighted by Gasteiger charge is 2.16. The first kappa shape index (κ1) is 21.2. The number of ether oxygens (including phenoxy) is 3. The molecule has 1 N–H and O–H groups in total. The van der Waals surface area contributed by atoms with Gasteiger partial charge in [-0.05, 0) is 30.7 Å². The largest absolute Gasteiger partial charge is 0.493 e. The van der Waals surface area contributed by atoms with Crippen LogP contribution in [0.2, 0.25) is 0 Å². The van der Waals surface area contributed by atoms with Crippen LogP contribution in [-0.2, 0) is 4.74 Å². The highest BCUT2D eigenvalue weighted by Crippen LogP contribution is 2.38. The Bertz CT molecular complexity index is 1240. The molecule has 8 heteroatoms. The van der Waals surface area contributed by atoms with E-state index in [0.717, 1.165) is 76.8 Å². The third-order valence-electron chi connectivity index (χ3n) is 5.80. The van der Waals surface area contributed by atoms with Gasteiger partial charge in [-0.2, -0.15) is 0 Å². The molecule has 0 amide bonds. The molecule has 2 aromatic heterocycles. The predicted molar refractivity (Wildman–Crippen MR) is 128 cm³/mol. The summed E-state index contributed by atoms with van der Waals surface area (Å²) >= 11 is 3.57. The number of H-pyrrole nitrogens is 1. The minimum absolute atomic E-state index is 0.613. The summed E-state index contributed by atoms with van der Waals surface area (Å²) in [4.78, 5) is 14.8. The van der Waals surface area contributed by atoms with Gasteiger partial charge >= 0.3 is 0 Å². The van der Waals surface area contributed by atoms with Crippen molar-refractivity contribution < 1.29 is 14.2 Å². The summed E-state index contributed by atoms with van der Waals surface area (Å²) in [7, 11) is 1.65. The Morgan fingerprint density at radius 2 is 1.97 bits per heavy atom. The topological polar surface area (TPSA) is 72.5 Å². The number of hydrogen-bond acceptors (Lipinski definition) is 6. The van der Waals surface area contributed by atoms with Crippen LogP contribution in [0.1, 0.15) is 6.42 Å². The van der Waals surface area contributed by atoms with Gasteiger partial charge in [0.2, 0.25) is 0 Å². The lowest BCUT2D eigenvalue weighted by Gasteiger charge is -2.26. The fraction of sp³-hybridized carbons (Fsp3) is 0.333. The van der Waals surface area contributed by atoms with E-state index in [1.807, 2.05) is 24.4 Å². The number of halogens is 1. The van der Waals surface area contributed by atoms with Crippen LogP contribution in [0, 0.1) is 0 Å². The van der Waals surface area contributed by atoms with Crippen LogP contribution in [0.5, 0.6) is 11.5 Å². The number of nitrogens with zero attached hydrogens (tertiary/aromatic N) is 3. The molecule has 0 unspecified atom stereocenters. The second-order valence-electron chi connectivity index (χ2n) is 7.79. The van der Waals surface area contributed by atoms with Crippen LogP contribution in [0.3, 0.4) is 0 Å². The van der Waals surface area contributed by atoms with E-state index in [1.165, 1.54) is 0 Å². The molecule has 4 aromatic rings. The van der Waals surface area contributed by atoms with Crippen molar-refractivity contribution in [3.05, 3.63) is 47.3 Å². The molecule has 0 atom stereocenters. The highest BCUT2D eigenvalue weighted by molar-refractivity contribution is 9.10. The van der Waals surface area contributed by atoms with Crippen molar-refractivity contribution in [2.45, 2.75) is 6.42 Å². The fourth-order valence-corrected chi connectivity index (χ4v) is 4.50. The number of morpholine rings is 1. The van der Waals surface area contributed by atoms with Gasteiger partial charge in [0.15, 0.2) is 11.5 Å². The van der Waals surface area contributed by atoms with E-state index in [2.05, 4.69) is 47.9 Å². The van der Waals surface area contributed by atoms with E-state index in [0.29, 0.717) is 18.1 Å². The van der Waals surface area contributed by atoms with Crippen molar-refractivity contribution in [1.29, 1.82) is 0 Å². The number of hydrogen-bond donors (Lipinski definition) is 1. The molecule has 0 saturated carbocycles. The van der Waals surface area contributed by atoms with E-state index < -0.39 is 0 Å². The van der Waals surface area contributed by atoms with Crippen molar-refractivity contribution in [2.24, 2.45) is 0 Å². The van der Waals surface area contributed by atoms with Crippen LogP contribution >= 0.6 is 15.9 Å². The predicted octanol–water partition coefficient (Wildman–Crippen LogP) is 4.65. The quantitative estimate of drug-likeness (QED) is 0.375. The molecular weight excluding hydrogens is 472 g/mol. The molecule has 0 spiro atoms. The van der Waals surface area contributed by atoms with Gasteiger partial charge in [0.1, 0.15) is 6.33 Å². The number of fused-ring (bicyclic) bond motifs is 2. The summed E-state index contributed by atoms with van der Waals surface area (Å²) in [6.07, 6.45) is 4.53. The van der Waals surface area contributed by atoms with Crippen molar-refractivity contribution in [3.63, 3.8) is 0 Å². The number of aromatic amines is 1. The Morgan fingerprint density at radius 1 is 1.09 bits per heavy atom. The number of nitrogens with one attached hydrogen (secondary N) is 1. The Morgan fingerprint density at radius 3 is 2.81 bits per heavy atom. The van der Waals surface area contributed by atoms with Gasteiger partial charge in [-0.1, -0.05) is 15.9 Å². The lowest BCUT2D eigenvalue weighted by Crippen LogP contribution is -2.37. The van der Waals surface area contributed by atoms with Gasteiger partial charge in [0.25, 0.3) is 0 Å². The third kappa shape index (κ3) is 4.30. The smallest absolute Gasteiger partial charge is 0.162 e. The number of rotatable bonds is 7. The van der Waals surface area contributed by atoms with Crippen molar-refractivity contribution in [3.8, 4) is 22.8 Å². The summed E-state index contributed by atoms with van der Waals surface area (Å²) in [5.41, 5.74) is 3.76. The van der Waals surface area contributed by atoms with Gasteiger partial charge in [-0.3, -0.25) is 4.90 Å². The van der Waals surface area contributed by atoms with Crippen molar-refractivity contribution >= 4 is 37.7 Å². The molecule has 1 aliphatic rings. The van der Waals surface area contributed by atoms with Crippen LogP contribution in [-0.4, -0.2) is 66.4 Å². The normalized spacial score (nSPS) is 14.8. The summed E-state index contributed by atoms with van der Waals surface area (Å²) in [5, 5.41) is 2.03. The number of aromatic nitrogens is 3. The molecule has 32 heavy (non-hydrogen) atoms. The molecule has 3 heterocycles. The highest BCUT2D eigenvalue weighted by atomic mass is 79.9. The van der Waals surface area contributed by atoms with E-state index in [1.54, 1.807) is 13.4 Å². The van der Waals surface area contributed by atoms with E-state index in [4.69, 9.17) is 14.2 Å². The molecule has 1 fully saturated rings. The molecule has 0 aliphatic carbocycles. The second kappa shape index (κ2) is 9.44. The van der Waals surface area contributed by atoms with E-state index in [-0.39, 0.29) is 0 Å². The number of methoxy groups -OCH3 is 1. The molecule has 1 aliphatic heterocycles. The Labute approximate surface area is 194 Å². The minimum atomic E-state index is 0.613. The van der Waals surface area contributed by atoms with Crippen molar-refractivity contribution in [2.75, 3.05) is 46.6 Å². The van der Waals surface area contributed by atoms with Crippen LogP contribution in [0.4, 0.5) is 0 Å². The Balaban J connectivity index is 1.44. The lowest BCUT2D eigenvalue weighted by molar-refractivity contribution is 0.0357. The SMILES string of the molecule is COc1cc2ncnc(-c3c[nH]c4ccc(Br)cc34)c2cc1OCCCN1CCOCC1. The van der Waals surface area contributed by atoms with Crippen LogP contribution in [0.25, 0.3) is 33.1 Å². The van der Waals surface area contributed by atoms with Gasteiger partial charge in [-0.15, -0.1) is 0 Å². The molecule has 166 valence electrons. The maximum Gasteiger partial charge on any atom is 0.162 e. The van der Waals surface area contributed by atoms with Crippen LogP contribution in [0.15, 0.2) is 47.3 Å². The molecule has 1 saturated heterocycles. The molecule has 0 bridgehead atoms. The van der Waals surface area contributed by atoms with Gasteiger partial charge in [-0.25, -0.2) is 9.97 Å². The van der Waals surface area contributed by atoms with Crippen LogP contribution < -0.4 is 9.47 Å². The van der Waals surface area contributed by atoms with Gasteiger partial charge in [0, 0.05) is 58.2 Å². The first-order chi connectivity index (χ1) is 15.7. The zero-order chi connectivity index (χ0) is 21.9. The summed E-state index contributed by atoms with van der Waals surface area (Å²) in [6.45, 7) is 5.21. The maximum absolute atomic E-state index is 6.15. The standard InChI is InChI=1S/C24H25BrN4O3/c1-30-22-13-21-18(12-23(22)32-8-2-5-29-6-9-31-10-7-29)24(28-15-27-21)19-14-26-20-4-3-16(25)11-17(19)20/h3-4,11-15,26H,2,5-10H2,1H3. The average Bonchev–Trinajstić information content (AvgIpc) is 3.24. The molecule has 2 aromatic carbocycles. The summed E-state index contributed by atoms with van der Waals surface area (Å²) < 4.78 is 18.2. The van der Waals surface area contributed by atoms with E-state index in [9.17, 15) is 0 Å². The van der Waals surface area contributed by atoms with Gasteiger partial charge in [0.05, 0.1) is 38.1 Å². The summed E-state index contributed by atoms with van der Waals surface area (Å²) in [6, 6.07) is 10.1. The first-order valence-corrected chi connectivity index (χ1v) is 11.5. The molecular formula is C24H25BrN4O3. The molecule has 5 rings (SSSR count). The van der Waals surface area contributed by atoms with E-state index >= 15 is 0 Å².